The van der Waals surface area contributed by atoms with Crippen LogP contribution >= 0.6 is 0 Å². The molecule has 0 aromatic carbocycles. The molecule has 8 nitrogen and oxygen atoms in total. The summed E-state index contributed by atoms with van der Waals surface area (Å²) in [4.78, 5) is 26.9. The van der Waals surface area contributed by atoms with Gasteiger partial charge in [-0.25, -0.2) is 18.0 Å². The Labute approximate surface area is 180 Å². The maximum absolute atomic E-state index is 13.4. The molecule has 0 radical (unpaired) electrons. The molecule has 0 spiro atoms. The molecule has 3 rings (SSSR count). The van der Waals surface area contributed by atoms with Gasteiger partial charge in [-0.15, -0.1) is 5.10 Å². The van der Waals surface area contributed by atoms with Crippen LogP contribution in [-0.2, 0) is 15.8 Å². The summed E-state index contributed by atoms with van der Waals surface area (Å²) in [6.07, 6.45) is 9.37. The Kier molecular flexibility index (Phi) is 7.13. The summed E-state index contributed by atoms with van der Waals surface area (Å²) in [5.41, 5.74) is 0.886. The molecule has 30 heavy (non-hydrogen) atoms. The number of nitrogens with zero attached hydrogens (tertiary/aromatic N) is 4. The van der Waals surface area contributed by atoms with Crippen molar-refractivity contribution in [3.05, 3.63) is 17.8 Å². The van der Waals surface area contributed by atoms with Crippen LogP contribution in [0.5, 0.6) is 0 Å². The molecule has 1 N–H and O–H groups in total. The third-order valence-electron chi connectivity index (χ3n) is 6.08. The van der Waals surface area contributed by atoms with Gasteiger partial charge >= 0.3 is 5.97 Å². The summed E-state index contributed by atoms with van der Waals surface area (Å²) in [7, 11) is -1.04. The number of carboxylic acid groups (broad SMARTS) is 1. The predicted octanol–water partition coefficient (Wildman–Crippen LogP) is 2.99. The topological polar surface area (TPSA) is 95.7 Å². The van der Waals surface area contributed by atoms with Gasteiger partial charge in [0.2, 0.25) is 5.91 Å². The molecular formula is C21H32N4O4S. The van der Waals surface area contributed by atoms with Crippen molar-refractivity contribution in [3.63, 3.8) is 0 Å². The summed E-state index contributed by atoms with van der Waals surface area (Å²) in [6, 6.07) is -0.198. The van der Waals surface area contributed by atoms with E-state index in [-0.39, 0.29) is 29.2 Å². The summed E-state index contributed by atoms with van der Waals surface area (Å²) < 4.78 is 15.1. The number of carbonyl (C=O) groups is 2. The number of anilines is 1. The Hall–Kier alpha value is -2.00. The second kappa shape index (κ2) is 9.43. The van der Waals surface area contributed by atoms with E-state index in [1.165, 1.54) is 6.20 Å². The minimum Gasteiger partial charge on any atom is -0.477 e. The molecule has 0 bridgehead atoms. The summed E-state index contributed by atoms with van der Waals surface area (Å²) in [6.45, 7) is 7.12. The molecular weight excluding hydrogens is 404 g/mol. The highest BCUT2D eigenvalue weighted by atomic mass is 32.2. The first-order valence-electron chi connectivity index (χ1n) is 10.6. The lowest BCUT2D eigenvalue weighted by atomic mass is 9.82. The molecule has 9 heteroatoms. The lowest BCUT2D eigenvalue weighted by Crippen LogP contribution is -2.43. The Morgan fingerprint density at radius 2 is 1.93 bits per heavy atom. The Morgan fingerprint density at radius 1 is 1.27 bits per heavy atom. The van der Waals surface area contributed by atoms with E-state index >= 15 is 0 Å². The van der Waals surface area contributed by atoms with Crippen LogP contribution in [0.2, 0.25) is 0 Å². The number of carbonyl (C=O) groups excluding carboxylic acids is 1. The smallest absolute Gasteiger partial charge is 0.341 e. The van der Waals surface area contributed by atoms with Gasteiger partial charge in [-0.05, 0) is 51.5 Å². The molecule has 1 aromatic heterocycles. The largest absolute Gasteiger partial charge is 0.477 e. The molecule has 1 aromatic rings. The van der Waals surface area contributed by atoms with Gasteiger partial charge in [0.1, 0.15) is 5.56 Å². The average Bonchev–Trinajstić information content (AvgIpc) is 3.13. The number of hydrogen-bond donors (Lipinski definition) is 1. The van der Waals surface area contributed by atoms with Crippen molar-refractivity contribution in [1.29, 1.82) is 0 Å². The van der Waals surface area contributed by atoms with E-state index in [1.807, 2.05) is 24.2 Å². The third kappa shape index (κ3) is 4.83. The first-order chi connectivity index (χ1) is 14.2. The van der Waals surface area contributed by atoms with Crippen LogP contribution in [0.15, 0.2) is 12.3 Å². The average molecular weight is 437 g/mol. The van der Waals surface area contributed by atoms with Crippen molar-refractivity contribution < 1.29 is 18.9 Å². The van der Waals surface area contributed by atoms with Crippen LogP contribution < -0.4 is 4.90 Å². The fourth-order valence-electron chi connectivity index (χ4n) is 4.23. The van der Waals surface area contributed by atoms with Crippen LogP contribution in [0.4, 0.5) is 5.82 Å². The van der Waals surface area contributed by atoms with Gasteiger partial charge in [-0.3, -0.25) is 9.69 Å². The third-order valence-corrected chi connectivity index (χ3v) is 7.14. The zero-order chi connectivity index (χ0) is 22.0. The van der Waals surface area contributed by atoms with Crippen molar-refractivity contribution in [3.8, 4) is 0 Å². The zero-order valence-electron chi connectivity index (χ0n) is 18.2. The van der Waals surface area contributed by atoms with Crippen molar-refractivity contribution in [1.82, 2.24) is 14.1 Å². The van der Waals surface area contributed by atoms with E-state index in [1.54, 1.807) is 15.8 Å². The van der Waals surface area contributed by atoms with Crippen LogP contribution in [0, 0.1) is 11.8 Å². The summed E-state index contributed by atoms with van der Waals surface area (Å²) in [5, 5.41) is 14.3. The highest BCUT2D eigenvalue weighted by molar-refractivity contribution is 7.81. The van der Waals surface area contributed by atoms with E-state index in [0.717, 1.165) is 31.4 Å². The summed E-state index contributed by atoms with van der Waals surface area (Å²) >= 11 is 0. The van der Waals surface area contributed by atoms with E-state index in [9.17, 15) is 18.9 Å². The Bertz CT molecular complexity index is 855. The first kappa shape index (κ1) is 22.7. The number of aromatic carboxylic acids is 1. The van der Waals surface area contributed by atoms with Gasteiger partial charge in [0.25, 0.3) is 0 Å². The summed E-state index contributed by atoms with van der Waals surface area (Å²) in [5.74, 6) is -0.374. The first-order valence-corrected chi connectivity index (χ1v) is 12.1. The molecule has 1 amide bonds. The van der Waals surface area contributed by atoms with Crippen molar-refractivity contribution >= 4 is 34.4 Å². The molecule has 1 aliphatic heterocycles. The molecule has 1 fully saturated rings. The lowest BCUT2D eigenvalue weighted by molar-refractivity contribution is -0.124. The molecule has 0 saturated heterocycles. The monoisotopic (exact) mass is 436 g/mol. The van der Waals surface area contributed by atoms with Gasteiger partial charge in [-0.2, -0.15) is 0 Å². The van der Waals surface area contributed by atoms with Gasteiger partial charge in [-0.1, -0.05) is 6.92 Å². The van der Waals surface area contributed by atoms with E-state index < -0.39 is 17.0 Å². The minimum atomic E-state index is -1.10. The predicted molar refractivity (Wildman–Crippen MR) is 117 cm³/mol. The number of amides is 1. The standard InChI is InChI=1S/C21H32N4O4S/c1-14(2)25(20(26)16-7-5-15(3)6-8-16)19-18(21(27)28)13-24(22-19)17-9-11-23(12-10-17)30(4)29/h9,13-16H,5-8,10-12H2,1-4H3,(H,27,28). The highest BCUT2D eigenvalue weighted by Crippen LogP contribution is 2.33. The molecule has 1 atom stereocenters. The maximum atomic E-state index is 13.4. The van der Waals surface area contributed by atoms with Crippen LogP contribution in [0.3, 0.4) is 0 Å². The second-order valence-electron chi connectivity index (χ2n) is 8.63. The second-order valence-corrected chi connectivity index (χ2v) is 10.00. The molecule has 1 aliphatic carbocycles. The fourth-order valence-corrected chi connectivity index (χ4v) is 4.86. The SMILES string of the molecule is CC1CCC(C(=O)N(c2nn(C3=CCN(S(C)=O)CC3)cc2C(=O)O)C(C)C)CC1. The quantitative estimate of drug-likeness (QED) is 0.740. The molecule has 2 heterocycles. The fraction of sp³-hybridized carbons (Fsp3) is 0.667. The van der Waals surface area contributed by atoms with Crippen molar-refractivity contribution in [2.24, 2.45) is 11.8 Å². The van der Waals surface area contributed by atoms with E-state index in [0.29, 0.717) is 25.4 Å². The molecule has 1 saturated carbocycles. The molecule has 2 aliphatic rings. The Morgan fingerprint density at radius 3 is 2.43 bits per heavy atom. The van der Waals surface area contributed by atoms with Crippen molar-refractivity contribution in [2.75, 3.05) is 24.2 Å². The van der Waals surface area contributed by atoms with E-state index in [2.05, 4.69) is 12.0 Å². The number of carboxylic acids is 1. The Balaban J connectivity index is 1.91. The van der Waals surface area contributed by atoms with Gasteiger partial charge in [0.15, 0.2) is 5.82 Å². The number of rotatable bonds is 6. The maximum Gasteiger partial charge on any atom is 0.341 e. The van der Waals surface area contributed by atoms with Crippen molar-refractivity contribution in [2.45, 2.75) is 58.9 Å². The number of hydrogen-bond acceptors (Lipinski definition) is 4. The number of aromatic nitrogens is 2. The molecule has 1 unspecified atom stereocenters. The van der Waals surface area contributed by atoms with Gasteiger partial charge in [0.05, 0.1) is 11.0 Å². The highest BCUT2D eigenvalue weighted by Gasteiger charge is 2.34. The van der Waals surface area contributed by atoms with Gasteiger partial charge < -0.3 is 5.11 Å². The lowest BCUT2D eigenvalue weighted by Gasteiger charge is -2.32. The molecule has 166 valence electrons. The zero-order valence-corrected chi connectivity index (χ0v) is 19.0. The van der Waals surface area contributed by atoms with Crippen LogP contribution in [0.1, 0.15) is 63.2 Å². The van der Waals surface area contributed by atoms with Crippen LogP contribution in [-0.4, -0.2) is 60.7 Å². The van der Waals surface area contributed by atoms with Crippen LogP contribution in [0.25, 0.3) is 5.70 Å². The van der Waals surface area contributed by atoms with Gasteiger partial charge in [0, 0.05) is 49.6 Å². The van der Waals surface area contributed by atoms with E-state index in [4.69, 9.17) is 0 Å². The normalized spacial score (nSPS) is 23.8. The minimum absolute atomic E-state index is 0.0311.